The fourth-order valence-electron chi connectivity index (χ4n) is 2.15. The Bertz CT molecular complexity index is 768. The number of aliphatic hydroxyl groups is 1. The lowest BCUT2D eigenvalue weighted by Gasteiger charge is -2.11. The predicted octanol–water partition coefficient (Wildman–Crippen LogP) is 1.98. The Morgan fingerprint density at radius 2 is 2.33 bits per heavy atom. The molecule has 2 N–H and O–H groups in total. The van der Waals surface area contributed by atoms with Crippen LogP contribution in [0, 0.1) is 11.3 Å². The van der Waals surface area contributed by atoms with Crippen LogP contribution >= 0.6 is 11.8 Å². The first-order valence-electron chi connectivity index (χ1n) is 6.67. The summed E-state index contributed by atoms with van der Waals surface area (Å²) < 4.78 is 1.65. The molecule has 1 aliphatic carbocycles. The van der Waals surface area contributed by atoms with Gasteiger partial charge in [0.1, 0.15) is 0 Å². The monoisotopic (exact) mass is 302 g/mol. The second-order valence-electron chi connectivity index (χ2n) is 5.05. The minimum Gasteiger partial charge on any atom is -0.389 e. The number of hydrogen-bond acceptors (Lipinski definition) is 5. The van der Waals surface area contributed by atoms with E-state index in [1.807, 2.05) is 0 Å². The third kappa shape index (κ3) is 2.73. The first kappa shape index (κ1) is 13.9. The number of hydrogen-bond donors (Lipinski definition) is 2. The number of rotatable bonds is 4. The quantitative estimate of drug-likeness (QED) is 0.900. The zero-order chi connectivity index (χ0) is 15.0. The maximum Gasteiger partial charge on any atom is 0.344 e. The van der Waals surface area contributed by atoms with Gasteiger partial charge in [-0.25, -0.2) is 9.89 Å². The highest BCUT2D eigenvalue weighted by Gasteiger charge is 2.29. The molecule has 6 nitrogen and oxygen atoms in total. The molecule has 1 fully saturated rings. The van der Waals surface area contributed by atoms with E-state index in [1.165, 1.54) is 11.8 Å². The molecular weight excluding hydrogens is 288 g/mol. The van der Waals surface area contributed by atoms with E-state index >= 15 is 0 Å². The van der Waals surface area contributed by atoms with Crippen molar-refractivity contribution in [2.45, 2.75) is 42.0 Å². The normalized spacial score (nSPS) is 15.7. The van der Waals surface area contributed by atoms with Crippen molar-refractivity contribution < 1.29 is 5.11 Å². The molecule has 0 amide bonds. The van der Waals surface area contributed by atoms with Crippen molar-refractivity contribution in [3.05, 3.63) is 39.8 Å². The zero-order valence-electron chi connectivity index (χ0n) is 11.4. The van der Waals surface area contributed by atoms with Crippen molar-refractivity contribution >= 4 is 11.8 Å². The molecule has 0 unspecified atom stereocenters. The lowest BCUT2D eigenvalue weighted by atomic mass is 10.1. The van der Waals surface area contributed by atoms with Gasteiger partial charge >= 0.3 is 5.69 Å². The van der Waals surface area contributed by atoms with Crippen LogP contribution in [-0.4, -0.2) is 19.9 Å². The molecule has 0 aliphatic heterocycles. The molecule has 108 valence electrons. The molecule has 3 rings (SSSR count). The average molecular weight is 302 g/mol. The summed E-state index contributed by atoms with van der Waals surface area (Å²) in [7, 11) is 0. The number of nitriles is 1. The van der Waals surface area contributed by atoms with E-state index in [4.69, 9.17) is 5.26 Å². The summed E-state index contributed by atoms with van der Waals surface area (Å²) in [5, 5.41) is 26.0. The van der Waals surface area contributed by atoms with Crippen molar-refractivity contribution in [1.29, 1.82) is 5.26 Å². The Labute approximate surface area is 125 Å². The summed E-state index contributed by atoms with van der Waals surface area (Å²) in [6.45, 7) is 1.67. The van der Waals surface area contributed by atoms with Gasteiger partial charge in [0.25, 0.3) is 0 Å². The van der Waals surface area contributed by atoms with E-state index in [1.54, 1.807) is 29.7 Å². The van der Waals surface area contributed by atoms with Gasteiger partial charge in [-0.1, -0.05) is 6.07 Å². The number of nitrogens with one attached hydrogen (secondary N) is 1. The van der Waals surface area contributed by atoms with Gasteiger partial charge in [0.15, 0.2) is 5.16 Å². The predicted molar refractivity (Wildman–Crippen MR) is 77.0 cm³/mol. The molecule has 1 aliphatic rings. The molecule has 21 heavy (non-hydrogen) atoms. The van der Waals surface area contributed by atoms with Crippen molar-refractivity contribution in [3.8, 4) is 6.07 Å². The molecule has 0 spiro atoms. The topological polar surface area (TPSA) is 94.7 Å². The summed E-state index contributed by atoms with van der Waals surface area (Å²) in [5.74, 6) is 0. The molecule has 2 aromatic rings. The summed E-state index contributed by atoms with van der Waals surface area (Å²) in [6.07, 6.45) is 1.31. The third-order valence-electron chi connectivity index (χ3n) is 3.38. The SMILES string of the molecule is C[C@@H](O)c1ccc(C#N)cc1Sc1n[nH]c(=O)n1C1CC1. The zero-order valence-corrected chi connectivity index (χ0v) is 12.2. The van der Waals surface area contributed by atoms with Crippen LogP contribution in [-0.2, 0) is 0 Å². The number of H-pyrrole nitrogens is 1. The maximum atomic E-state index is 11.8. The minimum absolute atomic E-state index is 0.213. The van der Waals surface area contributed by atoms with Gasteiger partial charge in [-0.05, 0) is 49.2 Å². The first-order chi connectivity index (χ1) is 10.1. The Morgan fingerprint density at radius 1 is 1.57 bits per heavy atom. The molecule has 0 radical (unpaired) electrons. The summed E-state index contributed by atoms with van der Waals surface area (Å²) in [6, 6.07) is 7.41. The second kappa shape index (κ2) is 5.39. The Morgan fingerprint density at radius 3 is 2.95 bits per heavy atom. The molecule has 1 atom stereocenters. The van der Waals surface area contributed by atoms with Gasteiger partial charge < -0.3 is 5.11 Å². The standard InChI is InChI=1S/C14H14N4O2S/c1-8(19)11-5-2-9(7-15)6-12(11)21-14-17-16-13(20)18(14)10-3-4-10/h2,5-6,8,10,19H,3-4H2,1H3,(H,16,20)/t8-/m1/s1. The molecule has 1 heterocycles. The van der Waals surface area contributed by atoms with Gasteiger partial charge in [0.2, 0.25) is 0 Å². The highest BCUT2D eigenvalue weighted by Crippen LogP contribution is 2.39. The smallest absolute Gasteiger partial charge is 0.344 e. The number of aromatic nitrogens is 3. The summed E-state index contributed by atoms with van der Waals surface area (Å²) in [4.78, 5) is 12.5. The Kier molecular flexibility index (Phi) is 3.57. The number of nitrogens with zero attached hydrogens (tertiary/aromatic N) is 3. The van der Waals surface area contributed by atoms with Crippen LogP contribution in [0.15, 0.2) is 33.0 Å². The highest BCUT2D eigenvalue weighted by atomic mass is 32.2. The molecule has 1 saturated carbocycles. The van der Waals surface area contributed by atoms with Gasteiger partial charge in [-0.2, -0.15) is 5.26 Å². The fraction of sp³-hybridized carbons (Fsp3) is 0.357. The van der Waals surface area contributed by atoms with E-state index in [0.717, 1.165) is 23.3 Å². The molecular formula is C14H14N4O2S. The Hall–Kier alpha value is -2.04. The largest absolute Gasteiger partial charge is 0.389 e. The maximum absolute atomic E-state index is 11.8. The van der Waals surface area contributed by atoms with Crippen molar-refractivity contribution in [1.82, 2.24) is 14.8 Å². The fourth-order valence-corrected chi connectivity index (χ4v) is 3.31. The van der Waals surface area contributed by atoms with Crippen LogP contribution in [0.1, 0.15) is 43.0 Å². The third-order valence-corrected chi connectivity index (χ3v) is 4.42. The number of benzene rings is 1. The van der Waals surface area contributed by atoms with Crippen LogP contribution in [0.3, 0.4) is 0 Å². The highest BCUT2D eigenvalue weighted by molar-refractivity contribution is 7.99. The lowest BCUT2D eigenvalue weighted by Crippen LogP contribution is -2.16. The first-order valence-corrected chi connectivity index (χ1v) is 7.48. The average Bonchev–Trinajstić information content (AvgIpc) is 3.23. The molecule has 1 aromatic heterocycles. The van der Waals surface area contributed by atoms with Crippen LogP contribution in [0.4, 0.5) is 0 Å². The van der Waals surface area contributed by atoms with Crippen molar-refractivity contribution in [2.24, 2.45) is 0 Å². The van der Waals surface area contributed by atoms with Crippen LogP contribution < -0.4 is 5.69 Å². The molecule has 0 saturated heterocycles. The van der Waals surface area contributed by atoms with E-state index < -0.39 is 6.10 Å². The van der Waals surface area contributed by atoms with Gasteiger partial charge in [0, 0.05) is 10.9 Å². The van der Waals surface area contributed by atoms with Gasteiger partial charge in [-0.3, -0.25) is 4.57 Å². The molecule has 7 heteroatoms. The van der Waals surface area contributed by atoms with Gasteiger partial charge in [-0.15, -0.1) is 5.10 Å². The Balaban J connectivity index is 2.01. The second-order valence-corrected chi connectivity index (χ2v) is 6.06. The number of aromatic amines is 1. The number of aliphatic hydroxyl groups excluding tert-OH is 1. The van der Waals surface area contributed by atoms with Crippen molar-refractivity contribution in [3.63, 3.8) is 0 Å². The summed E-state index contributed by atoms with van der Waals surface area (Å²) in [5.41, 5.74) is 1.02. The van der Waals surface area contributed by atoms with E-state index in [9.17, 15) is 9.90 Å². The van der Waals surface area contributed by atoms with E-state index in [0.29, 0.717) is 10.7 Å². The molecule has 1 aromatic carbocycles. The van der Waals surface area contributed by atoms with Gasteiger partial charge in [0.05, 0.1) is 17.7 Å². The van der Waals surface area contributed by atoms with Crippen LogP contribution in [0.5, 0.6) is 0 Å². The molecule has 0 bridgehead atoms. The minimum atomic E-state index is -0.653. The van der Waals surface area contributed by atoms with E-state index in [2.05, 4.69) is 16.3 Å². The summed E-state index contributed by atoms with van der Waals surface area (Å²) >= 11 is 1.30. The van der Waals surface area contributed by atoms with E-state index in [-0.39, 0.29) is 11.7 Å². The van der Waals surface area contributed by atoms with Crippen LogP contribution in [0.2, 0.25) is 0 Å². The lowest BCUT2D eigenvalue weighted by molar-refractivity contribution is 0.196. The van der Waals surface area contributed by atoms with Crippen LogP contribution in [0.25, 0.3) is 0 Å². The van der Waals surface area contributed by atoms with Crippen molar-refractivity contribution in [2.75, 3.05) is 0 Å².